The first-order valence-electron chi connectivity index (χ1n) is 9.67. The molecule has 2 aromatic rings. The van der Waals surface area contributed by atoms with Gasteiger partial charge >= 0.3 is 12.1 Å². The number of carboxylic acid groups (broad SMARTS) is 1. The number of piperazine rings is 1. The Bertz CT molecular complexity index is 861. The molecule has 8 heteroatoms. The van der Waals surface area contributed by atoms with Crippen LogP contribution in [0.5, 0.6) is 0 Å². The quantitative estimate of drug-likeness (QED) is 0.721. The van der Waals surface area contributed by atoms with E-state index in [4.69, 9.17) is 5.11 Å². The van der Waals surface area contributed by atoms with Crippen LogP contribution in [0, 0.1) is 13.8 Å². The number of benzene rings is 1. The average Bonchev–Trinajstić information content (AvgIpc) is 2.71. The van der Waals surface area contributed by atoms with Gasteiger partial charge in [-0.3, -0.25) is 9.88 Å². The highest BCUT2D eigenvalue weighted by Crippen LogP contribution is 2.15. The van der Waals surface area contributed by atoms with Crippen LogP contribution in [-0.4, -0.2) is 58.2 Å². The summed E-state index contributed by atoms with van der Waals surface area (Å²) in [7, 11) is 0. The summed E-state index contributed by atoms with van der Waals surface area (Å²) in [5.74, 6) is 0. The standard InChI is InChI=1S/C21H27N5O3/c1-15-3-5-17(12-23-20(27)24-19-6-4-16(2)22-13-19)11-18(15)14-25-7-9-26(10-8-25)21(28)29/h3-6,11,13H,7-10,12,14H2,1-2H3,(H,28,29)(H2,23,24,27). The maximum atomic E-state index is 12.1. The largest absolute Gasteiger partial charge is 0.465 e. The van der Waals surface area contributed by atoms with Gasteiger partial charge in [-0.05, 0) is 42.7 Å². The van der Waals surface area contributed by atoms with Crippen LogP contribution in [0.2, 0.25) is 0 Å². The molecule has 29 heavy (non-hydrogen) atoms. The Hall–Kier alpha value is -3.13. The number of carbonyl (C=O) groups excluding carboxylic acids is 1. The van der Waals surface area contributed by atoms with E-state index >= 15 is 0 Å². The maximum absolute atomic E-state index is 12.1. The first-order valence-corrected chi connectivity index (χ1v) is 9.67. The highest BCUT2D eigenvalue weighted by Gasteiger charge is 2.20. The number of anilines is 1. The van der Waals surface area contributed by atoms with Crippen LogP contribution in [0.25, 0.3) is 0 Å². The molecule has 1 aromatic carbocycles. The van der Waals surface area contributed by atoms with Crippen molar-refractivity contribution in [2.45, 2.75) is 26.9 Å². The molecular formula is C21H27N5O3. The minimum Gasteiger partial charge on any atom is -0.465 e. The predicted molar refractivity (Wildman–Crippen MR) is 111 cm³/mol. The lowest BCUT2D eigenvalue weighted by atomic mass is 10.0. The first-order chi connectivity index (χ1) is 13.9. The Labute approximate surface area is 170 Å². The number of urea groups is 1. The van der Waals surface area contributed by atoms with Gasteiger partial charge < -0.3 is 20.6 Å². The summed E-state index contributed by atoms with van der Waals surface area (Å²) >= 11 is 0. The van der Waals surface area contributed by atoms with Crippen molar-refractivity contribution in [1.82, 2.24) is 20.1 Å². The van der Waals surface area contributed by atoms with Crippen LogP contribution >= 0.6 is 0 Å². The average molecular weight is 397 g/mol. The molecule has 0 radical (unpaired) electrons. The van der Waals surface area contributed by atoms with Crippen LogP contribution in [0.15, 0.2) is 36.5 Å². The molecule has 8 nitrogen and oxygen atoms in total. The number of aromatic nitrogens is 1. The number of nitrogens with zero attached hydrogens (tertiary/aromatic N) is 3. The number of aryl methyl sites for hydroxylation is 2. The van der Waals surface area contributed by atoms with Gasteiger partial charge in [0.2, 0.25) is 0 Å². The lowest BCUT2D eigenvalue weighted by molar-refractivity contribution is 0.103. The molecule has 1 aromatic heterocycles. The van der Waals surface area contributed by atoms with Crippen molar-refractivity contribution in [2.75, 3.05) is 31.5 Å². The fourth-order valence-corrected chi connectivity index (χ4v) is 3.24. The second kappa shape index (κ2) is 9.38. The highest BCUT2D eigenvalue weighted by atomic mass is 16.4. The van der Waals surface area contributed by atoms with Gasteiger partial charge in [-0.15, -0.1) is 0 Å². The third-order valence-electron chi connectivity index (χ3n) is 5.07. The molecule has 1 aliphatic heterocycles. The Morgan fingerprint density at radius 1 is 1.10 bits per heavy atom. The van der Waals surface area contributed by atoms with Gasteiger partial charge in [0.15, 0.2) is 0 Å². The number of hydrogen-bond acceptors (Lipinski definition) is 4. The number of amides is 3. The Morgan fingerprint density at radius 2 is 1.86 bits per heavy atom. The molecule has 2 heterocycles. The molecule has 0 aliphatic carbocycles. The number of pyridine rings is 1. The van der Waals surface area contributed by atoms with E-state index in [9.17, 15) is 9.59 Å². The second-order valence-corrected chi connectivity index (χ2v) is 7.30. The van der Waals surface area contributed by atoms with E-state index in [-0.39, 0.29) is 6.03 Å². The molecule has 3 rings (SSSR count). The lowest BCUT2D eigenvalue weighted by Crippen LogP contribution is -2.47. The molecule has 3 N–H and O–H groups in total. The summed E-state index contributed by atoms with van der Waals surface area (Å²) < 4.78 is 0. The van der Waals surface area contributed by atoms with E-state index in [0.717, 1.165) is 30.9 Å². The fourth-order valence-electron chi connectivity index (χ4n) is 3.24. The smallest absolute Gasteiger partial charge is 0.407 e. The summed E-state index contributed by atoms with van der Waals surface area (Å²) in [5, 5.41) is 14.7. The molecule has 1 saturated heterocycles. The van der Waals surface area contributed by atoms with Crippen LogP contribution in [0.1, 0.15) is 22.4 Å². The van der Waals surface area contributed by atoms with E-state index in [1.165, 1.54) is 16.0 Å². The zero-order chi connectivity index (χ0) is 20.8. The van der Waals surface area contributed by atoms with Crippen molar-refractivity contribution >= 4 is 17.8 Å². The van der Waals surface area contributed by atoms with Crippen molar-refractivity contribution in [1.29, 1.82) is 0 Å². The fraction of sp³-hybridized carbons (Fsp3) is 0.381. The van der Waals surface area contributed by atoms with Gasteiger partial charge in [-0.1, -0.05) is 18.2 Å². The predicted octanol–water partition coefficient (Wildman–Crippen LogP) is 2.82. The topological polar surface area (TPSA) is 97.8 Å². The Kier molecular flexibility index (Phi) is 6.66. The zero-order valence-electron chi connectivity index (χ0n) is 16.8. The van der Waals surface area contributed by atoms with Crippen molar-refractivity contribution in [2.24, 2.45) is 0 Å². The maximum Gasteiger partial charge on any atom is 0.407 e. The summed E-state index contributed by atoms with van der Waals surface area (Å²) in [5.41, 5.74) is 4.94. The number of hydrogen-bond donors (Lipinski definition) is 3. The van der Waals surface area contributed by atoms with Gasteiger partial charge in [-0.2, -0.15) is 0 Å². The minimum atomic E-state index is -0.853. The van der Waals surface area contributed by atoms with Crippen LogP contribution in [-0.2, 0) is 13.1 Å². The molecule has 0 spiro atoms. The monoisotopic (exact) mass is 397 g/mol. The van der Waals surface area contributed by atoms with Crippen LogP contribution < -0.4 is 10.6 Å². The molecule has 1 aliphatic rings. The van der Waals surface area contributed by atoms with E-state index < -0.39 is 6.09 Å². The third kappa shape index (κ3) is 5.92. The number of carbonyl (C=O) groups is 2. The molecular weight excluding hydrogens is 370 g/mol. The SMILES string of the molecule is Cc1ccc(NC(=O)NCc2ccc(C)c(CN3CCN(C(=O)O)CC3)c2)cn1. The van der Waals surface area contributed by atoms with E-state index in [1.807, 2.05) is 25.1 Å². The van der Waals surface area contributed by atoms with Gasteiger partial charge in [0.1, 0.15) is 0 Å². The molecule has 0 bridgehead atoms. The second-order valence-electron chi connectivity index (χ2n) is 7.30. The Morgan fingerprint density at radius 3 is 2.52 bits per heavy atom. The van der Waals surface area contributed by atoms with Gasteiger partial charge in [0.25, 0.3) is 0 Å². The summed E-state index contributed by atoms with van der Waals surface area (Å²) in [6, 6.07) is 9.56. The molecule has 1 fully saturated rings. The van der Waals surface area contributed by atoms with E-state index in [0.29, 0.717) is 25.3 Å². The number of rotatable bonds is 5. The van der Waals surface area contributed by atoms with Crippen molar-refractivity contribution < 1.29 is 14.7 Å². The van der Waals surface area contributed by atoms with Crippen LogP contribution in [0.3, 0.4) is 0 Å². The minimum absolute atomic E-state index is 0.275. The van der Waals surface area contributed by atoms with Crippen molar-refractivity contribution in [3.63, 3.8) is 0 Å². The molecule has 0 saturated carbocycles. The normalized spacial score (nSPS) is 14.5. The molecule has 0 atom stereocenters. The summed E-state index contributed by atoms with van der Waals surface area (Å²) in [4.78, 5) is 31.0. The van der Waals surface area contributed by atoms with E-state index in [1.54, 1.807) is 6.20 Å². The molecule has 3 amide bonds. The van der Waals surface area contributed by atoms with Gasteiger partial charge in [0.05, 0.1) is 11.9 Å². The first kappa shape index (κ1) is 20.6. The Balaban J connectivity index is 1.52. The lowest BCUT2D eigenvalue weighted by Gasteiger charge is -2.33. The number of nitrogens with one attached hydrogen (secondary N) is 2. The molecule has 0 unspecified atom stereocenters. The van der Waals surface area contributed by atoms with Crippen molar-refractivity contribution in [3.05, 3.63) is 58.9 Å². The zero-order valence-corrected chi connectivity index (χ0v) is 16.8. The van der Waals surface area contributed by atoms with E-state index in [2.05, 4.69) is 39.6 Å². The molecule has 154 valence electrons. The summed E-state index contributed by atoms with van der Waals surface area (Å²) in [6.45, 7) is 7.66. The van der Waals surface area contributed by atoms with Crippen LogP contribution in [0.4, 0.5) is 15.3 Å². The van der Waals surface area contributed by atoms with Gasteiger partial charge in [-0.25, -0.2) is 9.59 Å². The summed E-state index contributed by atoms with van der Waals surface area (Å²) in [6.07, 6.45) is 0.775. The van der Waals surface area contributed by atoms with Crippen molar-refractivity contribution in [3.8, 4) is 0 Å². The third-order valence-corrected chi connectivity index (χ3v) is 5.07. The highest BCUT2D eigenvalue weighted by molar-refractivity contribution is 5.88. The van der Waals surface area contributed by atoms with Gasteiger partial charge in [0, 0.05) is 45.0 Å².